The number of pyridine rings is 1. The van der Waals surface area contributed by atoms with Crippen LogP contribution in [0.3, 0.4) is 0 Å². The fourth-order valence-electron chi connectivity index (χ4n) is 1.77. The van der Waals surface area contributed by atoms with Crippen LogP contribution < -0.4 is 9.47 Å². The molecule has 4 heteroatoms. The van der Waals surface area contributed by atoms with Crippen molar-refractivity contribution < 1.29 is 9.47 Å². The molecule has 1 saturated carbocycles. The third-order valence-electron chi connectivity index (χ3n) is 3.16. The van der Waals surface area contributed by atoms with Crippen molar-refractivity contribution in [2.45, 2.75) is 40.0 Å². The second-order valence-corrected chi connectivity index (χ2v) is 6.76. The Balaban J connectivity index is 1.96. The van der Waals surface area contributed by atoms with Crippen LogP contribution in [-0.2, 0) is 0 Å². The van der Waals surface area contributed by atoms with E-state index < -0.39 is 0 Å². The molecule has 2 rings (SSSR count). The van der Waals surface area contributed by atoms with Gasteiger partial charge < -0.3 is 9.47 Å². The first-order valence-electron chi connectivity index (χ1n) is 6.86. The standard InChI is InChI=1S/C15H22ClNO2/c1-15(2,3)10-19-12-7-8-17-14(13(12)16)18-9-11-5-4-6-11/h7-8,11H,4-6,9-10H2,1-3H3. The Hall–Kier alpha value is -0.960. The fourth-order valence-corrected chi connectivity index (χ4v) is 1.99. The first kappa shape index (κ1) is 14.4. The first-order valence-corrected chi connectivity index (χ1v) is 7.23. The molecule has 0 radical (unpaired) electrons. The Morgan fingerprint density at radius 2 is 2.05 bits per heavy atom. The monoisotopic (exact) mass is 283 g/mol. The van der Waals surface area contributed by atoms with E-state index in [1.54, 1.807) is 12.3 Å². The maximum absolute atomic E-state index is 6.27. The maximum atomic E-state index is 6.27. The van der Waals surface area contributed by atoms with E-state index in [-0.39, 0.29) is 5.41 Å². The molecule has 106 valence electrons. The maximum Gasteiger partial charge on any atom is 0.236 e. The molecule has 1 aromatic heterocycles. The lowest BCUT2D eigenvalue weighted by atomic mass is 9.86. The van der Waals surface area contributed by atoms with E-state index in [1.165, 1.54) is 19.3 Å². The van der Waals surface area contributed by atoms with Crippen LogP contribution in [0.1, 0.15) is 40.0 Å². The molecular weight excluding hydrogens is 262 g/mol. The minimum Gasteiger partial charge on any atom is -0.491 e. The van der Waals surface area contributed by atoms with Gasteiger partial charge >= 0.3 is 0 Å². The van der Waals surface area contributed by atoms with Crippen LogP contribution in [0.2, 0.25) is 5.02 Å². The fraction of sp³-hybridized carbons (Fsp3) is 0.667. The van der Waals surface area contributed by atoms with E-state index in [1.807, 2.05) is 0 Å². The van der Waals surface area contributed by atoms with Crippen LogP contribution in [-0.4, -0.2) is 18.2 Å². The Morgan fingerprint density at radius 1 is 1.32 bits per heavy atom. The lowest BCUT2D eigenvalue weighted by Crippen LogP contribution is -2.20. The van der Waals surface area contributed by atoms with Crippen molar-refractivity contribution in [1.82, 2.24) is 4.98 Å². The number of ether oxygens (including phenoxy) is 2. The van der Waals surface area contributed by atoms with Crippen molar-refractivity contribution in [2.24, 2.45) is 11.3 Å². The molecule has 1 aliphatic carbocycles. The molecule has 0 spiro atoms. The zero-order chi connectivity index (χ0) is 13.9. The molecule has 3 nitrogen and oxygen atoms in total. The van der Waals surface area contributed by atoms with Gasteiger partial charge in [0, 0.05) is 12.3 Å². The lowest BCUT2D eigenvalue weighted by molar-refractivity contribution is 0.172. The summed E-state index contributed by atoms with van der Waals surface area (Å²) in [7, 11) is 0. The second-order valence-electron chi connectivity index (χ2n) is 6.39. The van der Waals surface area contributed by atoms with E-state index in [0.717, 1.165) is 0 Å². The van der Waals surface area contributed by atoms with Gasteiger partial charge in [-0.2, -0.15) is 0 Å². The van der Waals surface area contributed by atoms with Gasteiger partial charge in [-0.25, -0.2) is 4.98 Å². The lowest BCUT2D eigenvalue weighted by Gasteiger charge is -2.25. The van der Waals surface area contributed by atoms with Crippen molar-refractivity contribution >= 4 is 11.6 Å². The van der Waals surface area contributed by atoms with Crippen LogP contribution in [0.15, 0.2) is 12.3 Å². The summed E-state index contributed by atoms with van der Waals surface area (Å²) in [5.41, 5.74) is 0.0968. The van der Waals surface area contributed by atoms with E-state index in [2.05, 4.69) is 25.8 Å². The first-order chi connectivity index (χ1) is 8.96. The van der Waals surface area contributed by atoms with Crippen LogP contribution in [0.25, 0.3) is 0 Å². The minimum atomic E-state index is 0.0968. The molecular formula is C15H22ClNO2. The molecule has 1 aromatic rings. The Morgan fingerprint density at radius 3 is 2.63 bits per heavy atom. The molecule has 0 atom stereocenters. The van der Waals surface area contributed by atoms with E-state index in [0.29, 0.717) is 35.8 Å². The number of hydrogen-bond donors (Lipinski definition) is 0. The highest BCUT2D eigenvalue weighted by atomic mass is 35.5. The van der Waals surface area contributed by atoms with Gasteiger partial charge in [-0.15, -0.1) is 0 Å². The summed E-state index contributed by atoms with van der Waals surface area (Å²) < 4.78 is 11.4. The zero-order valence-corrected chi connectivity index (χ0v) is 12.7. The van der Waals surface area contributed by atoms with Crippen LogP contribution in [0.5, 0.6) is 11.6 Å². The van der Waals surface area contributed by atoms with Crippen molar-refractivity contribution in [3.8, 4) is 11.6 Å². The summed E-state index contributed by atoms with van der Waals surface area (Å²) in [5.74, 6) is 1.80. The van der Waals surface area contributed by atoms with E-state index >= 15 is 0 Å². The Labute approximate surface area is 120 Å². The van der Waals surface area contributed by atoms with Crippen molar-refractivity contribution in [1.29, 1.82) is 0 Å². The average molecular weight is 284 g/mol. The van der Waals surface area contributed by atoms with Gasteiger partial charge in [0.15, 0.2) is 0 Å². The third-order valence-corrected chi connectivity index (χ3v) is 3.51. The molecule has 0 bridgehead atoms. The average Bonchev–Trinajstić information content (AvgIpc) is 2.26. The SMILES string of the molecule is CC(C)(C)COc1ccnc(OCC2CCC2)c1Cl. The summed E-state index contributed by atoms with van der Waals surface area (Å²) in [6.07, 6.45) is 5.49. The summed E-state index contributed by atoms with van der Waals surface area (Å²) in [4.78, 5) is 4.18. The summed E-state index contributed by atoms with van der Waals surface area (Å²) in [5, 5.41) is 0.478. The van der Waals surface area contributed by atoms with Gasteiger partial charge in [-0.3, -0.25) is 0 Å². The number of aromatic nitrogens is 1. The van der Waals surface area contributed by atoms with Crippen molar-refractivity contribution in [3.05, 3.63) is 17.3 Å². The topological polar surface area (TPSA) is 31.4 Å². The van der Waals surface area contributed by atoms with Crippen LogP contribution in [0.4, 0.5) is 0 Å². The molecule has 0 amide bonds. The number of rotatable bonds is 5. The highest BCUT2D eigenvalue weighted by Crippen LogP contribution is 2.34. The summed E-state index contributed by atoms with van der Waals surface area (Å²) in [6.45, 7) is 7.68. The van der Waals surface area contributed by atoms with Gasteiger partial charge in [-0.1, -0.05) is 38.8 Å². The normalized spacial score (nSPS) is 16.0. The second kappa shape index (κ2) is 6.00. The molecule has 0 aromatic carbocycles. The summed E-state index contributed by atoms with van der Waals surface area (Å²) >= 11 is 6.27. The predicted molar refractivity (Wildman–Crippen MR) is 77.0 cm³/mol. The molecule has 1 fully saturated rings. The third kappa shape index (κ3) is 4.27. The Kier molecular flexibility index (Phi) is 4.56. The molecule has 0 aliphatic heterocycles. The summed E-state index contributed by atoms with van der Waals surface area (Å²) in [6, 6.07) is 1.78. The van der Waals surface area contributed by atoms with E-state index in [4.69, 9.17) is 21.1 Å². The smallest absolute Gasteiger partial charge is 0.236 e. The van der Waals surface area contributed by atoms with Gasteiger partial charge in [0.2, 0.25) is 5.88 Å². The molecule has 1 heterocycles. The minimum absolute atomic E-state index is 0.0968. The Bertz CT molecular complexity index is 425. The van der Waals surface area contributed by atoms with Crippen LogP contribution >= 0.6 is 11.6 Å². The molecule has 19 heavy (non-hydrogen) atoms. The number of nitrogens with zero attached hydrogens (tertiary/aromatic N) is 1. The highest BCUT2D eigenvalue weighted by Gasteiger charge is 2.20. The van der Waals surface area contributed by atoms with Gasteiger partial charge in [0.05, 0.1) is 13.2 Å². The largest absolute Gasteiger partial charge is 0.491 e. The quantitative estimate of drug-likeness (QED) is 0.805. The number of hydrogen-bond acceptors (Lipinski definition) is 3. The molecule has 0 N–H and O–H groups in total. The number of halogens is 1. The molecule has 0 saturated heterocycles. The zero-order valence-electron chi connectivity index (χ0n) is 11.9. The highest BCUT2D eigenvalue weighted by molar-refractivity contribution is 6.33. The van der Waals surface area contributed by atoms with Gasteiger partial charge in [0.1, 0.15) is 10.8 Å². The van der Waals surface area contributed by atoms with Gasteiger partial charge in [0.25, 0.3) is 0 Å². The van der Waals surface area contributed by atoms with E-state index in [9.17, 15) is 0 Å². The van der Waals surface area contributed by atoms with Crippen molar-refractivity contribution in [3.63, 3.8) is 0 Å². The van der Waals surface area contributed by atoms with Crippen molar-refractivity contribution in [2.75, 3.05) is 13.2 Å². The van der Waals surface area contributed by atoms with Crippen LogP contribution in [0, 0.1) is 11.3 Å². The molecule has 1 aliphatic rings. The predicted octanol–water partition coefficient (Wildman–Crippen LogP) is 4.34. The van der Waals surface area contributed by atoms with Gasteiger partial charge in [-0.05, 0) is 24.2 Å². The molecule has 0 unspecified atom stereocenters.